The molecule has 596 valence electrons. The van der Waals surface area contributed by atoms with Gasteiger partial charge in [-0.05, 0) is 229 Å². The van der Waals surface area contributed by atoms with Crippen molar-refractivity contribution in [1.29, 1.82) is 0 Å². The molecule has 5 aliphatic heterocycles. The fraction of sp³-hybridized carbons (Fsp3) is 0.325. The molecule has 1 atom stereocenters. The molecule has 12 aromatic rings. The molecule has 0 aliphatic carbocycles. The van der Waals surface area contributed by atoms with Gasteiger partial charge in [0, 0.05) is 121 Å². The van der Waals surface area contributed by atoms with Gasteiger partial charge in [-0.2, -0.15) is 5.10 Å². The Morgan fingerprint density at radius 1 is 0.522 bits per heavy atom. The molecule has 6 aromatic heterocycles. The van der Waals surface area contributed by atoms with Crippen LogP contribution in [0.15, 0.2) is 188 Å². The smallest absolute Gasteiger partial charge is 0.259 e. The van der Waals surface area contributed by atoms with Crippen LogP contribution in [-0.2, 0) is 0 Å². The van der Waals surface area contributed by atoms with Gasteiger partial charge in [0.2, 0.25) is 29.8 Å². The maximum absolute atomic E-state index is 13.0. The van der Waals surface area contributed by atoms with Gasteiger partial charge in [0.25, 0.3) is 23.6 Å². The summed E-state index contributed by atoms with van der Waals surface area (Å²) in [6.45, 7) is 16.9. The highest BCUT2D eigenvalue weighted by atomic mass is 79.9. The summed E-state index contributed by atoms with van der Waals surface area (Å²) in [5.41, 5.74) is 20.0. The van der Waals surface area contributed by atoms with Crippen LogP contribution >= 0.6 is 59.4 Å². The van der Waals surface area contributed by atoms with E-state index in [1.165, 1.54) is 0 Å². The molecule has 0 spiro atoms. The van der Waals surface area contributed by atoms with E-state index < -0.39 is 0 Å². The highest BCUT2D eigenvalue weighted by molar-refractivity contribution is 9.11. The van der Waals surface area contributed by atoms with Crippen LogP contribution in [0.1, 0.15) is 130 Å². The maximum Gasteiger partial charge on any atom is 0.259 e. The predicted molar refractivity (Wildman–Crippen MR) is 465 cm³/mol. The number of nitrogens with zero attached hydrogens (tertiary/aromatic N) is 14. The number of carbonyl (C=O) groups is 4. The fourth-order valence-electron chi connectivity index (χ4n) is 14.4. The van der Waals surface area contributed by atoms with Crippen LogP contribution in [0.2, 0.25) is 5.02 Å². The Bertz CT molecular complexity index is 5500. The third kappa shape index (κ3) is 19.7. The van der Waals surface area contributed by atoms with Crippen molar-refractivity contribution in [2.75, 3.05) is 105 Å². The van der Waals surface area contributed by atoms with Crippen LogP contribution in [0, 0.1) is 13.8 Å². The number of aromatic nitrogens is 10. The number of benzene rings is 6. The van der Waals surface area contributed by atoms with Crippen molar-refractivity contribution in [3.8, 4) is 5.75 Å². The Kier molecular flexibility index (Phi) is 27.3. The molecule has 28 nitrogen and oxygen atoms in total. The zero-order chi connectivity index (χ0) is 79.7. The number of imidazole rings is 4. The van der Waals surface area contributed by atoms with Crippen molar-refractivity contribution in [2.24, 2.45) is 10.1 Å². The number of rotatable bonds is 13. The Balaban J connectivity index is 0.000000128. The van der Waals surface area contributed by atoms with Gasteiger partial charge in [0.15, 0.2) is 0 Å². The first-order valence-corrected chi connectivity index (χ1v) is 41.7. The van der Waals surface area contributed by atoms with Crippen LogP contribution < -0.4 is 57.9 Å². The third-order valence-corrected chi connectivity index (χ3v) is 22.4. The first-order valence-electron chi connectivity index (χ1n) is 38.9. The van der Waals surface area contributed by atoms with Crippen molar-refractivity contribution in [3.63, 3.8) is 0 Å². The lowest BCUT2D eigenvalue weighted by molar-refractivity contribution is 0.101. The summed E-state index contributed by atoms with van der Waals surface area (Å²) in [4.78, 5) is 85.2. The molecule has 0 bridgehead atoms. The van der Waals surface area contributed by atoms with Gasteiger partial charge in [0.1, 0.15) is 28.2 Å². The number of aryl methyl sites for hydroxylation is 2. The Morgan fingerprint density at radius 3 is 1.72 bits per heavy atom. The molecule has 3 saturated heterocycles. The largest absolute Gasteiger partial charge is 0.489 e. The van der Waals surface area contributed by atoms with E-state index in [2.05, 4.69) is 152 Å². The number of para-hydroxylation sites is 3. The van der Waals surface area contributed by atoms with Gasteiger partial charge in [-0.3, -0.25) is 65.4 Å². The number of fused-ring (bicyclic) bond motifs is 4. The number of pyridine rings is 2. The molecule has 9 N–H and O–H groups in total. The second kappa shape index (κ2) is 38.8. The highest BCUT2D eigenvalue weighted by Crippen LogP contribution is 2.40. The van der Waals surface area contributed by atoms with E-state index >= 15 is 0 Å². The second-order valence-corrected chi connectivity index (χ2v) is 31.3. The number of ether oxygens (including phenoxy) is 1. The monoisotopic (exact) mass is 1760 g/mol. The average molecular weight is 1770 g/mol. The van der Waals surface area contributed by atoms with E-state index in [-0.39, 0.29) is 35.8 Å². The number of anilines is 4. The zero-order valence-electron chi connectivity index (χ0n) is 64.1. The van der Waals surface area contributed by atoms with Crippen molar-refractivity contribution < 1.29 is 23.9 Å². The number of hydrazine groups is 1. The molecule has 4 amide bonds. The summed E-state index contributed by atoms with van der Waals surface area (Å²) in [6, 6.07) is 43.4. The zero-order valence-corrected chi connectivity index (χ0v) is 69.6. The number of piperidine rings is 1. The molecule has 1 unspecified atom stereocenters. The number of nitrogens with one attached hydrogen (secondary N) is 9. The molecule has 32 heteroatoms. The number of hydrogen-bond acceptors (Lipinski definition) is 20. The van der Waals surface area contributed by atoms with Crippen molar-refractivity contribution in [1.82, 2.24) is 80.1 Å². The molecule has 11 heterocycles. The van der Waals surface area contributed by atoms with Gasteiger partial charge in [-0.15, -0.1) is 0 Å². The minimum Gasteiger partial charge on any atom is -0.489 e. The first-order chi connectivity index (χ1) is 56.1. The van der Waals surface area contributed by atoms with E-state index in [1.807, 2.05) is 137 Å². The van der Waals surface area contributed by atoms with Crippen LogP contribution in [0.25, 0.3) is 44.1 Å². The summed E-state index contributed by atoms with van der Waals surface area (Å²) in [6.07, 6.45) is 16.8. The lowest BCUT2D eigenvalue weighted by Gasteiger charge is -2.31. The lowest BCUT2D eigenvalue weighted by Crippen LogP contribution is -2.40. The third-order valence-electron chi connectivity index (χ3n) is 20.2. The maximum atomic E-state index is 13.0. The first kappa shape index (κ1) is 81.1. The molecule has 6 aromatic carbocycles. The van der Waals surface area contributed by atoms with E-state index in [0.717, 1.165) is 211 Å². The Morgan fingerprint density at radius 2 is 1.08 bits per heavy atom. The number of aliphatic imine (C=N–C) groups is 1. The topological polar surface area (TPSA) is 314 Å². The quantitative estimate of drug-likeness (QED) is 0.0518. The molecule has 0 saturated carbocycles. The van der Waals surface area contributed by atoms with E-state index in [0.29, 0.717) is 69.3 Å². The number of likely N-dealkylation sites (tertiary alicyclic amines) is 1. The van der Waals surface area contributed by atoms with Crippen molar-refractivity contribution in [3.05, 3.63) is 216 Å². The summed E-state index contributed by atoms with van der Waals surface area (Å²) >= 11 is 17.9. The van der Waals surface area contributed by atoms with Crippen molar-refractivity contribution in [2.45, 2.75) is 97.1 Å². The van der Waals surface area contributed by atoms with Crippen LogP contribution in [0.4, 0.5) is 23.8 Å². The molecular formula is C83H91Br3ClN23O5. The van der Waals surface area contributed by atoms with Gasteiger partial charge < -0.3 is 35.3 Å². The summed E-state index contributed by atoms with van der Waals surface area (Å²) in [7, 11) is 0. The molecule has 5 aliphatic rings. The van der Waals surface area contributed by atoms with Crippen LogP contribution in [0.5, 0.6) is 5.75 Å². The van der Waals surface area contributed by atoms with Crippen LogP contribution in [-0.4, -0.2) is 173 Å². The molecule has 17 rings (SSSR count). The van der Waals surface area contributed by atoms with Gasteiger partial charge in [-0.1, -0.05) is 79.5 Å². The van der Waals surface area contributed by atoms with E-state index in [9.17, 15) is 19.2 Å². The molecule has 3 fully saturated rings. The van der Waals surface area contributed by atoms with Crippen molar-refractivity contribution >= 4 is 163 Å². The standard InChI is InChI=1S/C27H34ClN5O2.C19H21BrN6O.C19H19BrN6O.C18H17BrN6O/c1-2-32-16-13-21(14-17-32)35-23-12-11-22-25(24(23)28)33(20-10-6-7-15-29-18-20)27(30-22)31-26(34)19-8-4-3-5-9-19;1-13-10-14(12-22-11-13)18(27)24-19-23-16-5-2-4-15(20)17(16)26(19)25-8-3-6-21-7-9-25;1-12-9-13(11-21-10-12)18(27)24-19-23-15-6-4-5-14(20)17(15)26(19)16-7-2-3-8-22-25-16;19-13-8-4-9-14-15(13)25(17-20-10-5-11-21-24-17)18(22-14)23-16(26)12-6-2-1-3-7-12/h3-5,8-9,11-12,20-21,29H,2,6-7,10,13-18H2,1H3,(H,30,31,34);2,4-5,10-12,21H,3,6-9H2,1H3,(H,23,24,27);4-6,9-11,22H,2-3,7-8H2,1H3,(H,23,24,27);1-4,6-9,21H,5,10-11H2,(H,20,24)(H,22,23,26). The Labute approximate surface area is 695 Å². The number of halogens is 4. The van der Waals surface area contributed by atoms with Gasteiger partial charge in [-0.25, -0.2) is 34.6 Å². The summed E-state index contributed by atoms with van der Waals surface area (Å²) in [5.74, 6) is 3.16. The molecular weight excluding hydrogens is 1670 g/mol. The second-order valence-electron chi connectivity index (χ2n) is 28.4. The average Bonchev–Trinajstić information content (AvgIpc) is 1.74. The minimum atomic E-state index is -0.249. The normalized spacial score (nSPS) is 16.2. The van der Waals surface area contributed by atoms with Gasteiger partial charge in [0.05, 0.1) is 49.7 Å². The van der Waals surface area contributed by atoms with E-state index in [1.54, 1.807) is 55.1 Å². The Hall–Kier alpha value is -10.5. The summed E-state index contributed by atoms with van der Waals surface area (Å²) < 4.78 is 17.0. The molecule has 0 radical (unpaired) electrons. The summed E-state index contributed by atoms with van der Waals surface area (Å²) in [5, 5.41) is 26.1. The predicted octanol–water partition coefficient (Wildman–Crippen LogP) is 14.2. The minimum absolute atomic E-state index is 0.133. The van der Waals surface area contributed by atoms with E-state index in [4.69, 9.17) is 21.3 Å². The lowest BCUT2D eigenvalue weighted by atomic mass is 10.1. The van der Waals surface area contributed by atoms with Crippen LogP contribution in [0.3, 0.4) is 0 Å². The molecule has 115 heavy (non-hydrogen) atoms. The highest BCUT2D eigenvalue weighted by Gasteiger charge is 2.30. The fourth-order valence-corrected chi connectivity index (χ4v) is 16.3. The SMILES string of the molecule is CCN1CCC(Oc2ccc3nc(NC(=O)c4ccccc4)n(C4CCCCNC4)c3c2Cl)CC1.Cc1cncc(C(=O)Nc2nc3cccc(Br)c3n2C2=NNCCCC2)c1.Cc1cncc(C(=O)Nc2nc3cccc(Br)c3n2N2CCCNCC2)c1.O=C(Nc1nc2cccc(Br)c2n1C1=NCCCNN1)c1ccccc1. The number of hydrogen-bond donors (Lipinski definition) is 9. The van der Waals surface area contributed by atoms with Gasteiger partial charge >= 0.3 is 0 Å². The number of carbonyl (C=O) groups excluding carboxylic acids is 4. The number of amides is 4. The number of hydrazone groups is 1.